The number of sulfone groups is 1. The number of hydrogen-bond donors (Lipinski definition) is 2. The minimum Gasteiger partial charge on any atom is -0.399 e. The van der Waals surface area contributed by atoms with Gasteiger partial charge in [0.2, 0.25) is 0 Å². The van der Waals surface area contributed by atoms with Crippen molar-refractivity contribution in [2.24, 2.45) is 0 Å². The van der Waals surface area contributed by atoms with E-state index in [4.69, 9.17) is 11.5 Å². The number of rotatable bonds is 14. The highest BCUT2D eigenvalue weighted by molar-refractivity contribution is 7.91. The Labute approximate surface area is 176 Å². The van der Waals surface area contributed by atoms with Gasteiger partial charge in [-0.2, -0.15) is 0 Å². The predicted octanol–water partition coefficient (Wildman–Crippen LogP) is 5.17. The molecule has 0 aliphatic carbocycles. The van der Waals surface area contributed by atoms with Gasteiger partial charge >= 0.3 is 0 Å². The third-order valence-electron chi connectivity index (χ3n) is 5.30. The summed E-state index contributed by atoms with van der Waals surface area (Å²) in [5, 5.41) is 0. The molecule has 160 valence electrons. The van der Waals surface area contributed by atoms with E-state index in [1.54, 1.807) is 0 Å². The van der Waals surface area contributed by atoms with Gasteiger partial charge in [0.1, 0.15) is 9.84 Å². The normalized spacial score (nSPS) is 11.6. The van der Waals surface area contributed by atoms with Crippen LogP contribution in [-0.4, -0.2) is 19.9 Å². The van der Waals surface area contributed by atoms with Crippen LogP contribution in [0.2, 0.25) is 0 Å². The lowest BCUT2D eigenvalue weighted by Crippen LogP contribution is -2.11. The summed E-state index contributed by atoms with van der Waals surface area (Å²) in [6, 6.07) is 16.0. The molecule has 5 heteroatoms. The molecule has 0 aliphatic rings. The Morgan fingerprint density at radius 1 is 0.517 bits per heavy atom. The summed E-state index contributed by atoms with van der Waals surface area (Å²) >= 11 is 0. The number of nitrogen functional groups attached to an aromatic ring is 2. The van der Waals surface area contributed by atoms with Crippen LogP contribution in [0.4, 0.5) is 11.4 Å². The molecule has 0 saturated heterocycles. The molecule has 0 saturated carbocycles. The third-order valence-corrected chi connectivity index (χ3v) is 7.12. The molecule has 4 N–H and O–H groups in total. The first kappa shape index (κ1) is 23.3. The van der Waals surface area contributed by atoms with Gasteiger partial charge in [-0.3, -0.25) is 0 Å². The monoisotopic (exact) mass is 416 g/mol. The van der Waals surface area contributed by atoms with E-state index in [-0.39, 0.29) is 0 Å². The SMILES string of the molecule is Nc1ccc(CCCCCCS(=O)(=O)CCCCCCc2ccc(N)cc2)cc1. The summed E-state index contributed by atoms with van der Waals surface area (Å²) in [6.07, 6.45) is 9.92. The molecule has 2 aromatic rings. The maximum absolute atomic E-state index is 12.2. The molecule has 0 radical (unpaired) electrons. The predicted molar refractivity (Wildman–Crippen MR) is 125 cm³/mol. The zero-order valence-corrected chi connectivity index (χ0v) is 18.3. The highest BCUT2D eigenvalue weighted by atomic mass is 32.2. The maximum Gasteiger partial charge on any atom is 0.150 e. The molecule has 0 fully saturated rings. The number of nitrogens with two attached hydrogens (primary N) is 2. The van der Waals surface area contributed by atoms with Gasteiger partial charge in [0.25, 0.3) is 0 Å². The van der Waals surface area contributed by atoms with E-state index < -0.39 is 9.84 Å². The summed E-state index contributed by atoms with van der Waals surface area (Å²) in [7, 11) is -2.90. The highest BCUT2D eigenvalue weighted by Crippen LogP contribution is 2.13. The molecule has 0 aromatic heterocycles. The van der Waals surface area contributed by atoms with Crippen molar-refractivity contribution in [3.8, 4) is 0 Å². The lowest BCUT2D eigenvalue weighted by molar-refractivity contribution is 0.580. The Bertz CT molecular complexity index is 736. The van der Waals surface area contributed by atoms with Crippen LogP contribution in [0.1, 0.15) is 62.5 Å². The Morgan fingerprint density at radius 2 is 0.862 bits per heavy atom. The van der Waals surface area contributed by atoms with Gasteiger partial charge in [-0.05, 0) is 73.9 Å². The largest absolute Gasteiger partial charge is 0.399 e. The fraction of sp³-hybridized carbons (Fsp3) is 0.500. The van der Waals surface area contributed by atoms with Crippen LogP contribution in [0.25, 0.3) is 0 Å². The smallest absolute Gasteiger partial charge is 0.150 e. The van der Waals surface area contributed by atoms with Crippen molar-refractivity contribution in [1.82, 2.24) is 0 Å². The molecule has 2 aromatic carbocycles. The molecule has 29 heavy (non-hydrogen) atoms. The van der Waals surface area contributed by atoms with Gasteiger partial charge in [0.15, 0.2) is 0 Å². The zero-order chi connectivity index (χ0) is 21.0. The van der Waals surface area contributed by atoms with E-state index in [1.807, 2.05) is 24.3 Å². The van der Waals surface area contributed by atoms with Crippen molar-refractivity contribution >= 4 is 21.2 Å². The molecular formula is C24H36N2O2S. The second kappa shape index (κ2) is 12.5. The van der Waals surface area contributed by atoms with E-state index in [1.165, 1.54) is 11.1 Å². The standard InChI is InChI=1S/C24H36N2O2S/c25-23-15-11-21(12-16-23)9-5-1-3-7-19-29(27,28)20-8-4-2-6-10-22-13-17-24(26)18-14-22/h11-18H,1-10,19-20,25-26H2. The van der Waals surface area contributed by atoms with E-state index in [0.717, 1.165) is 75.6 Å². The number of benzene rings is 2. The molecule has 0 atom stereocenters. The van der Waals surface area contributed by atoms with Crippen LogP contribution in [0.15, 0.2) is 48.5 Å². The van der Waals surface area contributed by atoms with Crippen LogP contribution < -0.4 is 11.5 Å². The Morgan fingerprint density at radius 3 is 1.24 bits per heavy atom. The van der Waals surface area contributed by atoms with Crippen molar-refractivity contribution in [3.05, 3.63) is 59.7 Å². The molecule has 2 rings (SSSR count). The van der Waals surface area contributed by atoms with Crippen LogP contribution in [0, 0.1) is 0 Å². The van der Waals surface area contributed by atoms with Crippen molar-refractivity contribution in [2.45, 2.75) is 64.2 Å². The topological polar surface area (TPSA) is 86.2 Å². The lowest BCUT2D eigenvalue weighted by atomic mass is 10.1. The van der Waals surface area contributed by atoms with Crippen LogP contribution in [0.3, 0.4) is 0 Å². The molecule has 0 unspecified atom stereocenters. The number of aryl methyl sites for hydroxylation is 2. The Balaban J connectivity index is 1.46. The Hall–Kier alpha value is -2.01. The zero-order valence-electron chi connectivity index (χ0n) is 17.5. The molecule has 0 aliphatic heterocycles. The number of hydrogen-bond acceptors (Lipinski definition) is 4. The maximum atomic E-state index is 12.2. The third kappa shape index (κ3) is 10.4. The first-order chi connectivity index (χ1) is 13.9. The fourth-order valence-corrected chi connectivity index (χ4v) is 4.97. The Kier molecular flexibility index (Phi) is 10.1. The molecule has 0 amide bonds. The van der Waals surface area contributed by atoms with E-state index in [0.29, 0.717) is 11.5 Å². The number of unbranched alkanes of at least 4 members (excludes halogenated alkanes) is 6. The molecule has 0 spiro atoms. The van der Waals surface area contributed by atoms with Gasteiger partial charge in [0, 0.05) is 11.4 Å². The second-order valence-electron chi connectivity index (χ2n) is 7.96. The van der Waals surface area contributed by atoms with Crippen LogP contribution >= 0.6 is 0 Å². The quantitative estimate of drug-likeness (QED) is 0.328. The van der Waals surface area contributed by atoms with Crippen molar-refractivity contribution in [1.29, 1.82) is 0 Å². The van der Waals surface area contributed by atoms with Gasteiger partial charge < -0.3 is 11.5 Å². The molecular weight excluding hydrogens is 380 g/mol. The summed E-state index contributed by atoms with van der Waals surface area (Å²) in [5.41, 5.74) is 15.6. The summed E-state index contributed by atoms with van der Waals surface area (Å²) in [5.74, 6) is 0.667. The summed E-state index contributed by atoms with van der Waals surface area (Å²) in [6.45, 7) is 0. The summed E-state index contributed by atoms with van der Waals surface area (Å²) in [4.78, 5) is 0. The molecule has 4 nitrogen and oxygen atoms in total. The van der Waals surface area contributed by atoms with Crippen molar-refractivity contribution in [2.75, 3.05) is 23.0 Å². The number of anilines is 2. The average Bonchev–Trinajstić information content (AvgIpc) is 2.70. The lowest BCUT2D eigenvalue weighted by Gasteiger charge is -2.06. The summed E-state index contributed by atoms with van der Waals surface area (Å²) < 4.78 is 24.4. The first-order valence-corrected chi connectivity index (χ1v) is 12.7. The van der Waals surface area contributed by atoms with E-state index in [9.17, 15) is 8.42 Å². The minimum atomic E-state index is -2.90. The van der Waals surface area contributed by atoms with Crippen LogP contribution in [-0.2, 0) is 22.7 Å². The second-order valence-corrected chi connectivity index (χ2v) is 10.3. The minimum absolute atomic E-state index is 0.334. The van der Waals surface area contributed by atoms with E-state index >= 15 is 0 Å². The molecule has 0 heterocycles. The fourth-order valence-electron chi connectivity index (χ4n) is 3.48. The average molecular weight is 417 g/mol. The van der Waals surface area contributed by atoms with Crippen LogP contribution in [0.5, 0.6) is 0 Å². The van der Waals surface area contributed by atoms with Gasteiger partial charge in [-0.15, -0.1) is 0 Å². The molecule has 0 bridgehead atoms. The highest BCUT2D eigenvalue weighted by Gasteiger charge is 2.09. The van der Waals surface area contributed by atoms with Gasteiger partial charge in [-0.25, -0.2) is 8.42 Å². The van der Waals surface area contributed by atoms with Crippen molar-refractivity contribution < 1.29 is 8.42 Å². The van der Waals surface area contributed by atoms with E-state index in [2.05, 4.69) is 24.3 Å². The van der Waals surface area contributed by atoms with Crippen molar-refractivity contribution in [3.63, 3.8) is 0 Å². The van der Waals surface area contributed by atoms with Gasteiger partial charge in [-0.1, -0.05) is 49.9 Å². The van der Waals surface area contributed by atoms with Gasteiger partial charge in [0.05, 0.1) is 11.5 Å². The first-order valence-electron chi connectivity index (χ1n) is 10.8.